The van der Waals surface area contributed by atoms with Gasteiger partial charge in [0.05, 0.1) is 13.2 Å². The Balaban J connectivity index is 1.82. The number of carbonyl (C=O) groups is 1. The highest BCUT2D eigenvalue weighted by molar-refractivity contribution is 5.78. The van der Waals surface area contributed by atoms with E-state index in [-0.39, 0.29) is 30.0 Å². The molecule has 0 aliphatic heterocycles. The summed E-state index contributed by atoms with van der Waals surface area (Å²) in [6, 6.07) is 5.00. The Hall–Kier alpha value is -1.96. The summed E-state index contributed by atoms with van der Waals surface area (Å²) >= 11 is 0. The molecule has 1 saturated carbocycles. The lowest BCUT2D eigenvalue weighted by Crippen LogP contribution is -2.41. The number of hydrogen-bond donors (Lipinski definition) is 2. The number of amides is 1. The average Bonchev–Trinajstić information content (AvgIpc) is 2.61. The fourth-order valence-electron chi connectivity index (χ4n) is 3.06. The molecule has 1 aliphatic rings. The Labute approximate surface area is 157 Å². The van der Waals surface area contributed by atoms with Crippen molar-refractivity contribution in [2.24, 2.45) is 0 Å². The Morgan fingerprint density at radius 1 is 1.15 bits per heavy atom. The second-order valence-electron chi connectivity index (χ2n) is 6.62. The molecule has 0 bridgehead atoms. The first-order valence-corrected chi connectivity index (χ1v) is 9.32. The number of hydrogen-bond acceptors (Lipinski definition) is 4. The van der Waals surface area contributed by atoms with E-state index < -0.39 is 12.8 Å². The molecule has 0 aromatic heterocycles. The zero-order chi connectivity index (χ0) is 19.7. The number of benzene rings is 1. The van der Waals surface area contributed by atoms with Crippen LogP contribution in [0.25, 0.3) is 0 Å². The summed E-state index contributed by atoms with van der Waals surface area (Å²) < 4.78 is 47.2. The first-order chi connectivity index (χ1) is 12.9. The molecular formula is C19H27F3N2O3. The maximum Gasteiger partial charge on any atom is 0.422 e. The summed E-state index contributed by atoms with van der Waals surface area (Å²) in [5, 5.41) is 6.07. The molecule has 0 radical (unpaired) electrons. The SMILES string of the molecule is CCOc1cc(CNCC(=O)NC2CCCCC2)ccc1OCC(F)(F)F. The molecule has 1 amide bonds. The van der Waals surface area contributed by atoms with Crippen LogP contribution in [0.2, 0.25) is 0 Å². The lowest BCUT2D eigenvalue weighted by molar-refractivity contribution is -0.153. The van der Waals surface area contributed by atoms with Gasteiger partial charge in [0, 0.05) is 12.6 Å². The van der Waals surface area contributed by atoms with Gasteiger partial charge in [0.15, 0.2) is 18.1 Å². The fraction of sp³-hybridized carbons (Fsp3) is 0.632. The van der Waals surface area contributed by atoms with Crippen molar-refractivity contribution in [1.82, 2.24) is 10.6 Å². The zero-order valence-electron chi connectivity index (χ0n) is 15.5. The summed E-state index contributed by atoms with van der Waals surface area (Å²) in [6.45, 7) is 1.27. The minimum Gasteiger partial charge on any atom is -0.490 e. The van der Waals surface area contributed by atoms with E-state index in [1.54, 1.807) is 19.1 Å². The molecule has 152 valence electrons. The van der Waals surface area contributed by atoms with Crippen molar-refractivity contribution in [3.8, 4) is 11.5 Å². The normalized spacial score (nSPS) is 15.4. The van der Waals surface area contributed by atoms with Gasteiger partial charge >= 0.3 is 6.18 Å². The Morgan fingerprint density at radius 3 is 2.56 bits per heavy atom. The smallest absolute Gasteiger partial charge is 0.422 e. The van der Waals surface area contributed by atoms with E-state index >= 15 is 0 Å². The van der Waals surface area contributed by atoms with E-state index in [0.29, 0.717) is 13.2 Å². The van der Waals surface area contributed by atoms with Crippen LogP contribution in [0.4, 0.5) is 13.2 Å². The minimum atomic E-state index is -4.41. The molecule has 5 nitrogen and oxygen atoms in total. The number of rotatable bonds is 9. The molecule has 8 heteroatoms. The molecule has 0 spiro atoms. The molecule has 27 heavy (non-hydrogen) atoms. The predicted octanol–water partition coefficient (Wildman–Crippen LogP) is 3.56. The molecule has 0 atom stereocenters. The van der Waals surface area contributed by atoms with Crippen molar-refractivity contribution in [2.75, 3.05) is 19.8 Å². The van der Waals surface area contributed by atoms with Gasteiger partial charge in [0.25, 0.3) is 0 Å². The Morgan fingerprint density at radius 2 is 1.89 bits per heavy atom. The van der Waals surface area contributed by atoms with E-state index in [0.717, 1.165) is 31.2 Å². The number of nitrogens with one attached hydrogen (secondary N) is 2. The third kappa shape index (κ3) is 8.07. The lowest BCUT2D eigenvalue weighted by Gasteiger charge is -2.22. The third-order valence-electron chi connectivity index (χ3n) is 4.28. The van der Waals surface area contributed by atoms with Gasteiger partial charge in [0.2, 0.25) is 5.91 Å². The number of halogens is 3. The van der Waals surface area contributed by atoms with E-state index in [1.165, 1.54) is 12.5 Å². The van der Waals surface area contributed by atoms with Gasteiger partial charge < -0.3 is 20.1 Å². The number of ether oxygens (including phenoxy) is 2. The maximum atomic E-state index is 12.3. The predicted molar refractivity (Wildman–Crippen MR) is 95.9 cm³/mol. The van der Waals surface area contributed by atoms with Crippen molar-refractivity contribution in [1.29, 1.82) is 0 Å². The van der Waals surface area contributed by atoms with Crippen LogP contribution in [0.15, 0.2) is 18.2 Å². The number of alkyl halides is 3. The van der Waals surface area contributed by atoms with Gasteiger partial charge in [-0.15, -0.1) is 0 Å². The molecule has 1 aliphatic carbocycles. The summed E-state index contributed by atoms with van der Waals surface area (Å²) in [5.41, 5.74) is 0.795. The summed E-state index contributed by atoms with van der Waals surface area (Å²) in [4.78, 5) is 12.0. The van der Waals surface area contributed by atoms with Crippen molar-refractivity contribution in [3.63, 3.8) is 0 Å². The molecular weight excluding hydrogens is 361 g/mol. The van der Waals surface area contributed by atoms with Gasteiger partial charge in [0.1, 0.15) is 0 Å². The standard InChI is InChI=1S/C19H27F3N2O3/c1-2-26-17-10-14(8-9-16(17)27-13-19(20,21)22)11-23-12-18(25)24-15-6-4-3-5-7-15/h8-10,15,23H,2-7,11-13H2,1H3,(H,24,25). The van der Waals surface area contributed by atoms with Crippen molar-refractivity contribution >= 4 is 5.91 Å². The first-order valence-electron chi connectivity index (χ1n) is 9.32. The van der Waals surface area contributed by atoms with E-state index in [4.69, 9.17) is 9.47 Å². The molecule has 2 rings (SSSR count). The minimum absolute atomic E-state index is 0.0444. The summed E-state index contributed by atoms with van der Waals surface area (Å²) in [6.07, 6.45) is 1.19. The quantitative estimate of drug-likeness (QED) is 0.679. The summed E-state index contributed by atoms with van der Waals surface area (Å²) in [5.74, 6) is 0.262. The van der Waals surface area contributed by atoms with Crippen molar-refractivity contribution in [2.45, 2.75) is 57.8 Å². The highest BCUT2D eigenvalue weighted by Gasteiger charge is 2.29. The summed E-state index contributed by atoms with van der Waals surface area (Å²) in [7, 11) is 0. The topological polar surface area (TPSA) is 59.6 Å². The molecule has 1 aromatic carbocycles. The molecule has 0 unspecified atom stereocenters. The molecule has 1 aromatic rings. The van der Waals surface area contributed by atoms with Crippen LogP contribution >= 0.6 is 0 Å². The maximum absolute atomic E-state index is 12.3. The third-order valence-corrected chi connectivity index (χ3v) is 4.28. The molecule has 0 heterocycles. The van der Waals surface area contributed by atoms with Crippen LogP contribution < -0.4 is 20.1 Å². The van der Waals surface area contributed by atoms with Gasteiger partial charge in [-0.3, -0.25) is 4.79 Å². The van der Waals surface area contributed by atoms with Crippen LogP contribution in [-0.2, 0) is 11.3 Å². The number of carbonyl (C=O) groups excluding carboxylic acids is 1. The molecule has 1 fully saturated rings. The first kappa shape index (κ1) is 21.3. The highest BCUT2D eigenvalue weighted by atomic mass is 19.4. The van der Waals surface area contributed by atoms with Crippen molar-refractivity contribution < 1.29 is 27.4 Å². The van der Waals surface area contributed by atoms with Crippen LogP contribution in [0.5, 0.6) is 11.5 Å². The second kappa shape index (κ2) is 10.4. The van der Waals surface area contributed by atoms with E-state index in [9.17, 15) is 18.0 Å². The van der Waals surface area contributed by atoms with E-state index in [1.807, 2.05) is 0 Å². The fourth-order valence-corrected chi connectivity index (χ4v) is 3.06. The van der Waals surface area contributed by atoms with Gasteiger partial charge in [-0.1, -0.05) is 25.3 Å². The average molecular weight is 388 g/mol. The van der Waals surface area contributed by atoms with Gasteiger partial charge in [-0.2, -0.15) is 13.2 Å². The van der Waals surface area contributed by atoms with Crippen LogP contribution in [-0.4, -0.2) is 37.9 Å². The Kier molecular flexibility index (Phi) is 8.22. The van der Waals surface area contributed by atoms with E-state index in [2.05, 4.69) is 10.6 Å². The van der Waals surface area contributed by atoms with Gasteiger partial charge in [-0.25, -0.2) is 0 Å². The van der Waals surface area contributed by atoms with Crippen LogP contribution in [0, 0.1) is 0 Å². The largest absolute Gasteiger partial charge is 0.490 e. The van der Waals surface area contributed by atoms with Crippen LogP contribution in [0.1, 0.15) is 44.6 Å². The monoisotopic (exact) mass is 388 g/mol. The second-order valence-corrected chi connectivity index (χ2v) is 6.62. The molecule has 2 N–H and O–H groups in total. The van der Waals surface area contributed by atoms with Gasteiger partial charge in [-0.05, 0) is 37.5 Å². The van der Waals surface area contributed by atoms with Crippen LogP contribution in [0.3, 0.4) is 0 Å². The zero-order valence-corrected chi connectivity index (χ0v) is 15.5. The highest BCUT2D eigenvalue weighted by Crippen LogP contribution is 2.30. The molecule has 0 saturated heterocycles. The van der Waals surface area contributed by atoms with Crippen molar-refractivity contribution in [3.05, 3.63) is 23.8 Å². The Bertz CT molecular complexity index is 602. The lowest BCUT2D eigenvalue weighted by atomic mass is 9.95.